The van der Waals surface area contributed by atoms with E-state index in [1.807, 2.05) is 5.32 Å². The molecule has 27 heavy (non-hydrogen) atoms. The summed E-state index contributed by atoms with van der Waals surface area (Å²) in [6, 6.07) is 4.37. The molecule has 5 nitrogen and oxygen atoms in total. The third kappa shape index (κ3) is 5.36. The lowest BCUT2D eigenvalue weighted by Gasteiger charge is -2.12. The van der Waals surface area contributed by atoms with Gasteiger partial charge in [0.1, 0.15) is 0 Å². The highest BCUT2D eigenvalue weighted by Crippen LogP contribution is 2.31. The van der Waals surface area contributed by atoms with Gasteiger partial charge in [0.15, 0.2) is 0 Å². The molecule has 2 N–H and O–H groups in total. The second-order valence-corrected chi connectivity index (χ2v) is 6.84. The molecule has 0 spiro atoms. The summed E-state index contributed by atoms with van der Waals surface area (Å²) in [5.41, 5.74) is -2.48. The van der Waals surface area contributed by atoms with E-state index in [9.17, 15) is 39.6 Å². The molecule has 0 bridgehead atoms. The highest BCUT2D eigenvalue weighted by atomic mass is 32.2. The number of rotatable bonds is 3. The summed E-state index contributed by atoms with van der Waals surface area (Å²) < 4.78 is 101. The summed E-state index contributed by atoms with van der Waals surface area (Å²) in [5, 5.41) is 1.91. The number of alkyl halides is 6. The van der Waals surface area contributed by atoms with Crippen LogP contribution in [0.15, 0.2) is 53.4 Å². The van der Waals surface area contributed by atoms with Gasteiger partial charge in [0.25, 0.3) is 10.0 Å². The normalized spacial score (nSPS) is 12.5. The number of benzene rings is 2. The molecule has 2 aromatic carbocycles. The standard InChI is InChI=1S/C15H10F6N2O3S/c16-14(17,18)9-4-6-12(7-5-9)27(25,26)23-13(24)22-11-3-1-2-10(8-11)15(19,20)21/h1-8H,(H2,22,23,24). The zero-order valence-corrected chi connectivity index (χ0v) is 13.8. The smallest absolute Gasteiger partial charge is 0.307 e. The molecule has 0 saturated heterocycles. The Bertz CT molecular complexity index is 937. The molecule has 0 fully saturated rings. The topological polar surface area (TPSA) is 75.3 Å². The number of carbonyl (C=O) groups excluding carboxylic acids is 1. The highest BCUT2D eigenvalue weighted by Gasteiger charge is 2.31. The second kappa shape index (κ2) is 7.10. The fourth-order valence-corrected chi connectivity index (χ4v) is 2.84. The van der Waals surface area contributed by atoms with Crippen molar-refractivity contribution in [1.29, 1.82) is 0 Å². The van der Waals surface area contributed by atoms with Crippen LogP contribution in [0.2, 0.25) is 0 Å². The molecule has 2 aromatic rings. The highest BCUT2D eigenvalue weighted by molar-refractivity contribution is 7.90. The molecule has 2 amide bonds. The first kappa shape index (κ1) is 20.6. The molecule has 12 heteroatoms. The molecular weight excluding hydrogens is 402 g/mol. The molecular formula is C15H10F6N2O3S. The van der Waals surface area contributed by atoms with E-state index < -0.39 is 44.4 Å². The molecule has 0 aliphatic heterocycles. The minimum Gasteiger partial charge on any atom is -0.307 e. The van der Waals surface area contributed by atoms with E-state index in [-0.39, 0.29) is 5.69 Å². The molecule has 0 radical (unpaired) electrons. The van der Waals surface area contributed by atoms with Crippen molar-refractivity contribution in [1.82, 2.24) is 4.72 Å². The van der Waals surface area contributed by atoms with Crippen LogP contribution in [0.5, 0.6) is 0 Å². The van der Waals surface area contributed by atoms with Crippen LogP contribution in [-0.2, 0) is 22.4 Å². The van der Waals surface area contributed by atoms with Crippen molar-refractivity contribution in [3.8, 4) is 0 Å². The molecule has 0 atom stereocenters. The first-order valence-electron chi connectivity index (χ1n) is 6.97. The van der Waals surface area contributed by atoms with Crippen LogP contribution in [0.4, 0.5) is 36.8 Å². The van der Waals surface area contributed by atoms with Crippen LogP contribution in [-0.4, -0.2) is 14.4 Å². The van der Waals surface area contributed by atoms with Gasteiger partial charge in [0.05, 0.1) is 16.0 Å². The van der Waals surface area contributed by atoms with Gasteiger partial charge in [-0.3, -0.25) is 0 Å². The molecule has 0 saturated carbocycles. The minimum absolute atomic E-state index is 0.329. The number of hydrogen-bond acceptors (Lipinski definition) is 3. The summed E-state index contributed by atoms with van der Waals surface area (Å²) in [4.78, 5) is 11.1. The zero-order chi connectivity index (χ0) is 20.5. The number of anilines is 1. The van der Waals surface area contributed by atoms with Gasteiger partial charge in [-0.05, 0) is 42.5 Å². The van der Waals surface area contributed by atoms with Crippen molar-refractivity contribution in [2.75, 3.05) is 5.32 Å². The van der Waals surface area contributed by atoms with Gasteiger partial charge in [-0.15, -0.1) is 0 Å². The van der Waals surface area contributed by atoms with Crippen molar-refractivity contribution in [2.24, 2.45) is 0 Å². The maximum absolute atomic E-state index is 12.6. The van der Waals surface area contributed by atoms with Crippen LogP contribution >= 0.6 is 0 Å². The summed E-state index contributed by atoms with van der Waals surface area (Å²) in [5.74, 6) is 0. The fraction of sp³-hybridized carbons (Fsp3) is 0.133. The Morgan fingerprint density at radius 1 is 0.815 bits per heavy atom. The molecule has 0 aromatic heterocycles. The number of carbonyl (C=O) groups is 1. The first-order chi connectivity index (χ1) is 12.3. The summed E-state index contributed by atoms with van der Waals surface area (Å²) in [6.45, 7) is 0. The molecule has 0 aliphatic rings. The van der Waals surface area contributed by atoms with E-state index in [1.54, 1.807) is 0 Å². The molecule has 0 heterocycles. The van der Waals surface area contributed by atoms with Crippen molar-refractivity contribution in [3.63, 3.8) is 0 Å². The Kier molecular flexibility index (Phi) is 5.40. The van der Waals surface area contributed by atoms with Gasteiger partial charge in [0, 0.05) is 5.69 Å². The van der Waals surface area contributed by atoms with Gasteiger partial charge >= 0.3 is 18.4 Å². The molecule has 146 valence electrons. The van der Waals surface area contributed by atoms with Gasteiger partial charge in [-0.25, -0.2) is 17.9 Å². The number of amides is 2. The van der Waals surface area contributed by atoms with E-state index in [4.69, 9.17) is 0 Å². The average molecular weight is 412 g/mol. The Hall–Kier alpha value is -2.76. The maximum atomic E-state index is 12.6. The van der Waals surface area contributed by atoms with Crippen molar-refractivity contribution in [3.05, 3.63) is 59.7 Å². The SMILES string of the molecule is O=C(Nc1cccc(C(F)(F)F)c1)NS(=O)(=O)c1ccc(C(F)(F)F)cc1. The lowest BCUT2D eigenvalue weighted by atomic mass is 10.2. The van der Waals surface area contributed by atoms with Gasteiger partial charge < -0.3 is 5.32 Å². The quantitative estimate of drug-likeness (QED) is 0.741. The monoisotopic (exact) mass is 412 g/mol. The van der Waals surface area contributed by atoms with Crippen LogP contribution < -0.4 is 10.0 Å². The van der Waals surface area contributed by atoms with E-state index in [0.29, 0.717) is 30.3 Å². The van der Waals surface area contributed by atoms with Crippen LogP contribution in [0.3, 0.4) is 0 Å². The van der Waals surface area contributed by atoms with E-state index in [2.05, 4.69) is 0 Å². The Labute approximate surface area is 149 Å². The van der Waals surface area contributed by atoms with Gasteiger partial charge in [-0.1, -0.05) is 6.07 Å². The molecule has 0 unspecified atom stereocenters. The Morgan fingerprint density at radius 2 is 1.37 bits per heavy atom. The van der Waals surface area contributed by atoms with E-state index in [0.717, 1.165) is 18.2 Å². The number of halogens is 6. The number of urea groups is 1. The lowest BCUT2D eigenvalue weighted by molar-refractivity contribution is -0.138. The van der Waals surface area contributed by atoms with E-state index >= 15 is 0 Å². The van der Waals surface area contributed by atoms with Crippen LogP contribution in [0, 0.1) is 0 Å². The third-order valence-electron chi connectivity index (χ3n) is 3.17. The molecule has 0 aliphatic carbocycles. The predicted molar refractivity (Wildman–Crippen MR) is 82.2 cm³/mol. The van der Waals surface area contributed by atoms with Gasteiger partial charge in [-0.2, -0.15) is 26.3 Å². The van der Waals surface area contributed by atoms with Crippen LogP contribution in [0.25, 0.3) is 0 Å². The molecule has 2 rings (SSSR count). The lowest BCUT2D eigenvalue weighted by Crippen LogP contribution is -2.34. The number of hydrogen-bond donors (Lipinski definition) is 2. The maximum Gasteiger partial charge on any atom is 0.416 e. The average Bonchev–Trinajstić information content (AvgIpc) is 2.53. The number of sulfonamides is 1. The second-order valence-electron chi connectivity index (χ2n) is 5.16. The summed E-state index contributed by atoms with van der Waals surface area (Å²) in [7, 11) is -4.53. The third-order valence-corrected chi connectivity index (χ3v) is 4.51. The fourth-order valence-electron chi connectivity index (χ4n) is 1.93. The van der Waals surface area contributed by atoms with Crippen molar-refractivity contribution >= 4 is 21.7 Å². The van der Waals surface area contributed by atoms with Crippen molar-refractivity contribution in [2.45, 2.75) is 17.2 Å². The Balaban J connectivity index is 2.13. The number of nitrogens with one attached hydrogen (secondary N) is 2. The van der Waals surface area contributed by atoms with Crippen LogP contribution in [0.1, 0.15) is 11.1 Å². The Morgan fingerprint density at radius 3 is 1.89 bits per heavy atom. The summed E-state index contributed by atoms with van der Waals surface area (Å²) in [6.07, 6.45) is -9.34. The van der Waals surface area contributed by atoms with Crippen molar-refractivity contribution < 1.29 is 39.6 Å². The first-order valence-corrected chi connectivity index (χ1v) is 8.46. The predicted octanol–water partition coefficient (Wildman–Crippen LogP) is 4.23. The zero-order valence-electron chi connectivity index (χ0n) is 13.0. The largest absolute Gasteiger partial charge is 0.416 e. The summed E-state index contributed by atoms with van der Waals surface area (Å²) >= 11 is 0. The minimum atomic E-state index is -4.67. The van der Waals surface area contributed by atoms with E-state index in [1.165, 1.54) is 4.72 Å². The van der Waals surface area contributed by atoms with Gasteiger partial charge in [0.2, 0.25) is 0 Å².